The van der Waals surface area contributed by atoms with Gasteiger partial charge in [-0.15, -0.1) is 0 Å². The maximum atomic E-state index is 10.9. The zero-order valence-electron chi connectivity index (χ0n) is 11.6. The van der Waals surface area contributed by atoms with Crippen LogP contribution in [0.15, 0.2) is 28.7 Å². The molecule has 1 aliphatic heterocycles. The van der Waals surface area contributed by atoms with Crippen LogP contribution in [0.5, 0.6) is 0 Å². The fourth-order valence-electron chi connectivity index (χ4n) is 3.10. The summed E-state index contributed by atoms with van der Waals surface area (Å²) in [6.45, 7) is 4.33. The average Bonchev–Trinajstić information content (AvgIpc) is 3.04. The predicted molar refractivity (Wildman–Crippen MR) is 76.9 cm³/mol. The van der Waals surface area contributed by atoms with Crippen molar-refractivity contribution in [1.82, 2.24) is 4.90 Å². The Hall–Kier alpha value is -1.81. The Morgan fingerprint density at radius 2 is 2.30 bits per heavy atom. The van der Waals surface area contributed by atoms with Gasteiger partial charge in [-0.05, 0) is 49.6 Å². The van der Waals surface area contributed by atoms with Crippen molar-refractivity contribution in [1.29, 1.82) is 0 Å². The van der Waals surface area contributed by atoms with Crippen LogP contribution in [0.25, 0.3) is 11.0 Å². The minimum atomic E-state index is -1.02. The molecular weight excluding hydrogens is 254 g/mol. The largest absolute Gasteiger partial charge is 0.475 e. The van der Waals surface area contributed by atoms with Crippen LogP contribution in [0, 0.1) is 0 Å². The van der Waals surface area contributed by atoms with Gasteiger partial charge in [-0.3, -0.25) is 4.90 Å². The quantitative estimate of drug-likeness (QED) is 0.926. The summed E-state index contributed by atoms with van der Waals surface area (Å²) >= 11 is 0. The van der Waals surface area contributed by atoms with Crippen molar-refractivity contribution in [3.8, 4) is 0 Å². The maximum absolute atomic E-state index is 10.9. The van der Waals surface area contributed by atoms with E-state index in [-0.39, 0.29) is 5.76 Å². The molecule has 1 aliphatic rings. The number of hydrogen-bond acceptors (Lipinski definition) is 3. The van der Waals surface area contributed by atoms with Crippen LogP contribution >= 0.6 is 0 Å². The summed E-state index contributed by atoms with van der Waals surface area (Å²) in [7, 11) is 0. The van der Waals surface area contributed by atoms with E-state index in [1.165, 1.54) is 24.8 Å². The Morgan fingerprint density at radius 1 is 1.45 bits per heavy atom. The van der Waals surface area contributed by atoms with E-state index in [1.807, 2.05) is 18.2 Å². The molecule has 4 heteroatoms. The van der Waals surface area contributed by atoms with Gasteiger partial charge in [0.15, 0.2) is 0 Å². The number of aromatic carboxylic acids is 1. The molecule has 2 heterocycles. The minimum Gasteiger partial charge on any atom is -0.475 e. The van der Waals surface area contributed by atoms with Crippen LogP contribution in [0.2, 0.25) is 0 Å². The Morgan fingerprint density at radius 3 is 3.05 bits per heavy atom. The highest BCUT2D eigenvalue weighted by Crippen LogP contribution is 2.25. The lowest BCUT2D eigenvalue weighted by atomic mass is 10.1. The third-order valence-corrected chi connectivity index (χ3v) is 4.15. The molecule has 106 valence electrons. The summed E-state index contributed by atoms with van der Waals surface area (Å²) in [5.41, 5.74) is 1.86. The second kappa shape index (κ2) is 5.29. The molecule has 0 aliphatic carbocycles. The molecule has 4 nitrogen and oxygen atoms in total. The van der Waals surface area contributed by atoms with Crippen molar-refractivity contribution in [2.45, 2.75) is 38.8 Å². The standard InChI is InChI=1S/C16H19NO3/c1-2-13-4-3-7-17(13)10-11-5-6-14-12(8-11)9-15(20-14)16(18)19/h5-6,8-9,13H,2-4,7,10H2,1H3,(H,18,19). The normalized spacial score (nSPS) is 19.8. The molecule has 1 atom stereocenters. The molecular formula is C16H19NO3. The fraction of sp³-hybridized carbons (Fsp3) is 0.438. The first-order valence-corrected chi connectivity index (χ1v) is 7.17. The van der Waals surface area contributed by atoms with Gasteiger partial charge in [0.1, 0.15) is 5.58 Å². The van der Waals surface area contributed by atoms with Crippen molar-refractivity contribution in [3.05, 3.63) is 35.6 Å². The molecule has 0 bridgehead atoms. The lowest BCUT2D eigenvalue weighted by molar-refractivity contribution is 0.0665. The van der Waals surface area contributed by atoms with E-state index in [0.29, 0.717) is 11.6 Å². The third-order valence-electron chi connectivity index (χ3n) is 4.15. The molecule has 3 rings (SSSR count). The number of carbonyl (C=O) groups is 1. The zero-order valence-corrected chi connectivity index (χ0v) is 11.6. The SMILES string of the molecule is CCC1CCCN1Cc1ccc2oc(C(=O)O)cc2c1. The van der Waals surface area contributed by atoms with E-state index < -0.39 is 5.97 Å². The van der Waals surface area contributed by atoms with Gasteiger partial charge < -0.3 is 9.52 Å². The summed E-state index contributed by atoms with van der Waals surface area (Å²) in [5, 5.41) is 9.82. The lowest BCUT2D eigenvalue weighted by Crippen LogP contribution is -2.28. The number of fused-ring (bicyclic) bond motifs is 1. The minimum absolute atomic E-state index is 0.00440. The van der Waals surface area contributed by atoms with E-state index >= 15 is 0 Å². The van der Waals surface area contributed by atoms with Crippen LogP contribution in [-0.2, 0) is 6.54 Å². The Bertz CT molecular complexity index is 632. The highest BCUT2D eigenvalue weighted by molar-refractivity contribution is 5.91. The predicted octanol–water partition coefficient (Wildman–Crippen LogP) is 3.51. The number of rotatable bonds is 4. The van der Waals surface area contributed by atoms with Gasteiger partial charge in [0, 0.05) is 18.0 Å². The van der Waals surface area contributed by atoms with E-state index in [0.717, 1.165) is 18.5 Å². The fourth-order valence-corrected chi connectivity index (χ4v) is 3.10. The lowest BCUT2D eigenvalue weighted by Gasteiger charge is -2.23. The van der Waals surface area contributed by atoms with E-state index in [4.69, 9.17) is 9.52 Å². The van der Waals surface area contributed by atoms with E-state index in [2.05, 4.69) is 11.8 Å². The third kappa shape index (κ3) is 2.43. The smallest absolute Gasteiger partial charge is 0.371 e. The number of carboxylic acid groups (broad SMARTS) is 1. The number of benzene rings is 1. The second-order valence-corrected chi connectivity index (χ2v) is 5.46. The van der Waals surface area contributed by atoms with Crippen molar-refractivity contribution in [3.63, 3.8) is 0 Å². The molecule has 20 heavy (non-hydrogen) atoms. The molecule has 1 aromatic carbocycles. The maximum Gasteiger partial charge on any atom is 0.371 e. The Kier molecular flexibility index (Phi) is 3.49. The number of carboxylic acids is 1. The molecule has 2 aromatic rings. The van der Waals surface area contributed by atoms with Crippen molar-refractivity contribution in [2.24, 2.45) is 0 Å². The molecule has 1 aromatic heterocycles. The van der Waals surface area contributed by atoms with Crippen molar-refractivity contribution in [2.75, 3.05) is 6.54 Å². The molecule has 0 radical (unpaired) electrons. The van der Waals surface area contributed by atoms with Crippen LogP contribution in [0.1, 0.15) is 42.3 Å². The first-order valence-electron chi connectivity index (χ1n) is 7.17. The Labute approximate surface area is 118 Å². The summed E-state index contributed by atoms with van der Waals surface area (Å²) in [5.74, 6) is -1.02. The number of likely N-dealkylation sites (tertiary alicyclic amines) is 1. The monoisotopic (exact) mass is 273 g/mol. The first kappa shape index (κ1) is 13.2. The highest BCUT2D eigenvalue weighted by atomic mass is 16.4. The average molecular weight is 273 g/mol. The summed E-state index contributed by atoms with van der Waals surface area (Å²) in [6.07, 6.45) is 3.75. The van der Waals surface area contributed by atoms with Crippen LogP contribution in [0.3, 0.4) is 0 Å². The summed E-state index contributed by atoms with van der Waals surface area (Å²) in [4.78, 5) is 13.4. The van der Waals surface area contributed by atoms with Gasteiger partial charge in [0.25, 0.3) is 0 Å². The molecule has 1 N–H and O–H groups in total. The summed E-state index contributed by atoms with van der Waals surface area (Å²) in [6, 6.07) is 8.22. The van der Waals surface area contributed by atoms with Gasteiger partial charge in [-0.25, -0.2) is 4.79 Å². The van der Waals surface area contributed by atoms with Gasteiger partial charge in [-0.1, -0.05) is 13.0 Å². The van der Waals surface area contributed by atoms with E-state index in [1.54, 1.807) is 6.07 Å². The zero-order chi connectivity index (χ0) is 14.1. The molecule has 1 saturated heterocycles. The number of nitrogens with zero attached hydrogens (tertiary/aromatic N) is 1. The number of furan rings is 1. The Balaban J connectivity index is 1.83. The summed E-state index contributed by atoms with van der Waals surface area (Å²) < 4.78 is 5.28. The number of hydrogen-bond donors (Lipinski definition) is 1. The molecule has 0 spiro atoms. The highest BCUT2D eigenvalue weighted by Gasteiger charge is 2.22. The second-order valence-electron chi connectivity index (χ2n) is 5.46. The van der Waals surface area contributed by atoms with Gasteiger partial charge >= 0.3 is 5.97 Å². The van der Waals surface area contributed by atoms with Crippen molar-refractivity contribution < 1.29 is 14.3 Å². The molecule has 1 fully saturated rings. The van der Waals surface area contributed by atoms with Crippen LogP contribution in [0.4, 0.5) is 0 Å². The molecule has 0 saturated carbocycles. The molecule has 1 unspecified atom stereocenters. The van der Waals surface area contributed by atoms with Gasteiger partial charge in [0.2, 0.25) is 5.76 Å². The van der Waals surface area contributed by atoms with E-state index in [9.17, 15) is 4.79 Å². The van der Waals surface area contributed by atoms with Gasteiger partial charge in [0.05, 0.1) is 0 Å². The topological polar surface area (TPSA) is 53.7 Å². The van der Waals surface area contributed by atoms with Crippen LogP contribution < -0.4 is 0 Å². The first-order chi connectivity index (χ1) is 9.67. The van der Waals surface area contributed by atoms with Crippen molar-refractivity contribution >= 4 is 16.9 Å². The van der Waals surface area contributed by atoms with Crippen LogP contribution in [-0.4, -0.2) is 28.6 Å². The van der Waals surface area contributed by atoms with Gasteiger partial charge in [-0.2, -0.15) is 0 Å². The molecule has 0 amide bonds.